The van der Waals surface area contributed by atoms with Gasteiger partial charge in [-0.2, -0.15) is 0 Å². The number of carbonyl (C=O) groups excluding carboxylic acids is 1. The van der Waals surface area contributed by atoms with Gasteiger partial charge in [-0.3, -0.25) is 4.79 Å². The first kappa shape index (κ1) is 15.0. The third-order valence-electron chi connectivity index (χ3n) is 3.02. The van der Waals surface area contributed by atoms with Gasteiger partial charge in [0.2, 0.25) is 5.91 Å². The van der Waals surface area contributed by atoms with Crippen molar-refractivity contribution in [3.8, 4) is 0 Å². The third-order valence-corrected chi connectivity index (χ3v) is 4.39. The molecule has 0 aliphatic rings. The van der Waals surface area contributed by atoms with Crippen LogP contribution in [-0.4, -0.2) is 10.9 Å². The molecule has 1 N–H and O–H groups in total. The highest BCUT2D eigenvalue weighted by atomic mass is 35.5. The van der Waals surface area contributed by atoms with Gasteiger partial charge in [0.1, 0.15) is 0 Å². The van der Waals surface area contributed by atoms with Crippen LogP contribution in [0.15, 0.2) is 12.1 Å². The number of nitrogens with one attached hydrogen (secondary N) is 1. The molecule has 0 radical (unpaired) electrons. The van der Waals surface area contributed by atoms with Crippen LogP contribution in [0.5, 0.6) is 0 Å². The minimum Gasteiger partial charge on any atom is -0.324 e. The Morgan fingerprint density at radius 1 is 1.30 bits per heavy atom. The molecule has 1 aromatic carbocycles. The molecule has 5 heteroatoms. The molecular weight excluding hydrogens is 292 g/mol. The van der Waals surface area contributed by atoms with Crippen LogP contribution < -0.4 is 5.32 Å². The van der Waals surface area contributed by atoms with E-state index in [1.54, 1.807) is 11.3 Å². The zero-order chi connectivity index (χ0) is 14.9. The van der Waals surface area contributed by atoms with Crippen molar-refractivity contribution in [1.29, 1.82) is 0 Å². The van der Waals surface area contributed by atoms with Crippen molar-refractivity contribution in [2.24, 2.45) is 0 Å². The molecule has 0 spiro atoms. The first-order valence-corrected chi connectivity index (χ1v) is 7.55. The van der Waals surface area contributed by atoms with Crippen LogP contribution >= 0.6 is 22.9 Å². The summed E-state index contributed by atoms with van der Waals surface area (Å²) >= 11 is 7.75. The van der Waals surface area contributed by atoms with E-state index < -0.39 is 0 Å². The molecule has 0 saturated heterocycles. The second-order valence-corrected chi connectivity index (χ2v) is 6.60. The van der Waals surface area contributed by atoms with E-state index in [4.69, 9.17) is 11.6 Å². The molecule has 1 amide bonds. The van der Waals surface area contributed by atoms with Gasteiger partial charge in [0.15, 0.2) is 0 Å². The summed E-state index contributed by atoms with van der Waals surface area (Å²) in [6.45, 7) is 7.79. The van der Waals surface area contributed by atoms with Crippen molar-refractivity contribution in [2.45, 2.75) is 34.1 Å². The normalized spacial score (nSPS) is 10.7. The Morgan fingerprint density at radius 3 is 2.55 bits per heavy atom. The Labute approximate surface area is 128 Å². The third kappa shape index (κ3) is 3.38. The molecule has 0 saturated carbocycles. The fourth-order valence-corrected chi connectivity index (χ4v) is 3.45. The van der Waals surface area contributed by atoms with E-state index in [-0.39, 0.29) is 5.91 Å². The lowest BCUT2D eigenvalue weighted by atomic mass is 10.1. The Kier molecular flexibility index (Phi) is 4.45. The van der Waals surface area contributed by atoms with Crippen LogP contribution in [0.2, 0.25) is 5.02 Å². The number of anilines is 1. The molecule has 0 atom stereocenters. The molecule has 0 unspecified atom stereocenters. The van der Waals surface area contributed by atoms with Crippen LogP contribution in [0.4, 0.5) is 5.69 Å². The summed E-state index contributed by atoms with van der Waals surface area (Å²) in [4.78, 5) is 17.5. The molecule has 0 aliphatic heterocycles. The zero-order valence-corrected chi connectivity index (χ0v) is 13.6. The van der Waals surface area contributed by atoms with Crippen molar-refractivity contribution in [1.82, 2.24) is 4.98 Å². The molecule has 3 nitrogen and oxygen atoms in total. The van der Waals surface area contributed by atoms with Gasteiger partial charge in [-0.25, -0.2) is 4.98 Å². The highest BCUT2D eigenvalue weighted by Crippen LogP contribution is 2.27. The summed E-state index contributed by atoms with van der Waals surface area (Å²) < 4.78 is 0. The number of carbonyl (C=O) groups is 1. The fraction of sp³-hybridized carbons (Fsp3) is 0.333. The van der Waals surface area contributed by atoms with Crippen molar-refractivity contribution in [2.75, 3.05) is 5.32 Å². The lowest BCUT2D eigenvalue weighted by Gasteiger charge is -2.11. The first-order valence-electron chi connectivity index (χ1n) is 6.36. The van der Waals surface area contributed by atoms with E-state index in [1.165, 1.54) is 0 Å². The molecule has 1 aromatic heterocycles. The SMILES string of the molecule is Cc1cc(C)c(NC(=O)Cc2sc(C)nc2C)c(Cl)c1. The van der Waals surface area contributed by atoms with E-state index in [0.717, 1.165) is 26.7 Å². The van der Waals surface area contributed by atoms with Crippen molar-refractivity contribution in [3.63, 3.8) is 0 Å². The van der Waals surface area contributed by atoms with Crippen LogP contribution in [0.1, 0.15) is 26.7 Å². The number of halogens is 1. The van der Waals surface area contributed by atoms with Gasteiger partial charge in [0.25, 0.3) is 0 Å². The molecular formula is C15H17ClN2OS. The highest BCUT2D eigenvalue weighted by molar-refractivity contribution is 7.11. The highest BCUT2D eigenvalue weighted by Gasteiger charge is 2.13. The van der Waals surface area contributed by atoms with Gasteiger partial charge in [-0.05, 0) is 44.9 Å². The number of aromatic nitrogens is 1. The average molecular weight is 309 g/mol. The molecule has 20 heavy (non-hydrogen) atoms. The van der Waals surface area contributed by atoms with Crippen molar-refractivity contribution < 1.29 is 4.79 Å². The Hall–Kier alpha value is -1.39. The number of amides is 1. The topological polar surface area (TPSA) is 42.0 Å². The van der Waals surface area contributed by atoms with Gasteiger partial charge in [0.05, 0.1) is 27.8 Å². The second kappa shape index (κ2) is 5.94. The lowest BCUT2D eigenvalue weighted by Crippen LogP contribution is -2.15. The quantitative estimate of drug-likeness (QED) is 0.922. The standard InChI is InChI=1S/C15H17ClN2OS/c1-8-5-9(2)15(12(16)6-8)18-14(19)7-13-10(3)17-11(4)20-13/h5-6H,7H2,1-4H3,(H,18,19). The number of hydrogen-bond acceptors (Lipinski definition) is 3. The van der Waals surface area contributed by atoms with Crippen LogP contribution in [-0.2, 0) is 11.2 Å². The summed E-state index contributed by atoms with van der Waals surface area (Å²) in [5.74, 6) is -0.0643. The van der Waals surface area contributed by atoms with Gasteiger partial charge < -0.3 is 5.32 Å². The molecule has 2 aromatic rings. The van der Waals surface area contributed by atoms with Crippen molar-refractivity contribution >= 4 is 34.5 Å². The molecule has 106 valence electrons. The lowest BCUT2D eigenvalue weighted by molar-refractivity contribution is -0.115. The van der Waals surface area contributed by atoms with E-state index in [1.807, 2.05) is 39.8 Å². The van der Waals surface area contributed by atoms with Crippen molar-refractivity contribution in [3.05, 3.63) is 43.9 Å². The van der Waals surface area contributed by atoms with E-state index in [0.29, 0.717) is 17.1 Å². The number of benzene rings is 1. The first-order chi connectivity index (χ1) is 9.36. The minimum absolute atomic E-state index is 0.0643. The Bertz CT molecular complexity index is 641. The van der Waals surface area contributed by atoms with Gasteiger partial charge in [-0.15, -0.1) is 11.3 Å². The Morgan fingerprint density at radius 2 is 2.00 bits per heavy atom. The maximum atomic E-state index is 12.1. The summed E-state index contributed by atoms with van der Waals surface area (Å²) in [5.41, 5.74) is 3.68. The number of aryl methyl sites for hydroxylation is 4. The maximum absolute atomic E-state index is 12.1. The van der Waals surface area contributed by atoms with E-state index >= 15 is 0 Å². The smallest absolute Gasteiger partial charge is 0.229 e. The predicted molar refractivity (Wildman–Crippen MR) is 84.8 cm³/mol. The Balaban J connectivity index is 2.15. The maximum Gasteiger partial charge on any atom is 0.229 e. The van der Waals surface area contributed by atoms with Crippen LogP contribution in [0.25, 0.3) is 0 Å². The molecule has 2 rings (SSSR count). The monoisotopic (exact) mass is 308 g/mol. The molecule has 0 aliphatic carbocycles. The predicted octanol–water partition coefficient (Wildman–Crippen LogP) is 4.21. The average Bonchev–Trinajstić information content (AvgIpc) is 2.62. The number of thiazole rings is 1. The van der Waals surface area contributed by atoms with Crippen LogP contribution in [0.3, 0.4) is 0 Å². The molecule has 0 fully saturated rings. The summed E-state index contributed by atoms with van der Waals surface area (Å²) in [6.07, 6.45) is 0.334. The van der Waals surface area contributed by atoms with E-state index in [9.17, 15) is 4.79 Å². The van der Waals surface area contributed by atoms with Crippen LogP contribution in [0, 0.1) is 27.7 Å². The minimum atomic E-state index is -0.0643. The summed E-state index contributed by atoms with van der Waals surface area (Å²) in [6, 6.07) is 3.86. The second-order valence-electron chi connectivity index (χ2n) is 4.91. The van der Waals surface area contributed by atoms with Gasteiger partial charge in [-0.1, -0.05) is 17.7 Å². The fourth-order valence-electron chi connectivity index (χ4n) is 2.14. The summed E-state index contributed by atoms with van der Waals surface area (Å²) in [7, 11) is 0. The zero-order valence-electron chi connectivity index (χ0n) is 12.0. The number of hydrogen-bond donors (Lipinski definition) is 1. The van der Waals surface area contributed by atoms with Gasteiger partial charge >= 0.3 is 0 Å². The molecule has 1 heterocycles. The summed E-state index contributed by atoms with van der Waals surface area (Å²) in [5, 5.41) is 4.46. The number of nitrogens with zero attached hydrogens (tertiary/aromatic N) is 1. The molecule has 0 bridgehead atoms. The largest absolute Gasteiger partial charge is 0.324 e. The number of rotatable bonds is 3. The van der Waals surface area contributed by atoms with E-state index in [2.05, 4.69) is 10.3 Å². The van der Waals surface area contributed by atoms with Gasteiger partial charge in [0, 0.05) is 4.88 Å².